The van der Waals surface area contributed by atoms with Crippen molar-refractivity contribution in [2.45, 2.75) is 11.3 Å². The first-order valence-electron chi connectivity index (χ1n) is 9.54. The molecule has 1 aromatic heterocycles. The number of nitrogens with zero attached hydrogens (tertiary/aromatic N) is 3. The number of hydrogen-bond acceptors (Lipinski definition) is 6. The predicted octanol–water partition coefficient (Wildman–Crippen LogP) is 3.39. The number of halogens is 1. The van der Waals surface area contributed by atoms with Gasteiger partial charge in [0, 0.05) is 38.0 Å². The van der Waals surface area contributed by atoms with Crippen LogP contribution in [0.15, 0.2) is 58.8 Å². The number of sulfonamides is 1. The maximum atomic E-state index is 13.4. The van der Waals surface area contributed by atoms with Crippen LogP contribution >= 0.6 is 11.3 Å². The molecule has 0 radical (unpaired) electrons. The zero-order valence-electron chi connectivity index (χ0n) is 16.5. The predicted molar refractivity (Wildman–Crippen MR) is 115 cm³/mol. The van der Waals surface area contributed by atoms with Crippen LogP contribution in [0.5, 0.6) is 5.75 Å². The Balaban J connectivity index is 1.40. The summed E-state index contributed by atoms with van der Waals surface area (Å²) < 4.78 is 45.6. The number of thiazole rings is 1. The molecule has 1 aliphatic rings. The van der Waals surface area contributed by atoms with Crippen LogP contribution in [0.2, 0.25) is 0 Å². The van der Waals surface area contributed by atoms with E-state index in [-0.39, 0.29) is 4.90 Å². The van der Waals surface area contributed by atoms with Gasteiger partial charge in [-0.3, -0.25) is 0 Å². The molecule has 0 unspecified atom stereocenters. The lowest BCUT2D eigenvalue weighted by atomic mass is 10.1. The van der Waals surface area contributed by atoms with Crippen LogP contribution in [0.1, 0.15) is 11.3 Å². The van der Waals surface area contributed by atoms with Crippen LogP contribution in [0, 0.1) is 5.82 Å². The molecule has 2 aromatic carbocycles. The molecule has 1 aliphatic heterocycles. The number of ether oxygens (including phenoxy) is 1. The van der Waals surface area contributed by atoms with Gasteiger partial charge in [-0.15, -0.1) is 11.3 Å². The molecule has 30 heavy (non-hydrogen) atoms. The summed E-state index contributed by atoms with van der Waals surface area (Å²) in [5.41, 5.74) is 2.09. The van der Waals surface area contributed by atoms with E-state index < -0.39 is 15.8 Å². The first-order chi connectivity index (χ1) is 14.5. The van der Waals surface area contributed by atoms with E-state index in [0.717, 1.165) is 28.2 Å². The summed E-state index contributed by atoms with van der Waals surface area (Å²) in [6.45, 7) is 1.76. The van der Waals surface area contributed by atoms with Gasteiger partial charge in [0.05, 0.1) is 17.7 Å². The standard InChI is InChI=1S/C21H22FN3O3S2/c1-28-19-6-2-4-16(13-19)12-18-15-29-21(23-18)24-8-10-25(11-9-24)30(26,27)20-7-3-5-17(22)14-20/h2-7,13-15H,8-12H2,1H3. The molecule has 0 spiro atoms. The van der Waals surface area contributed by atoms with E-state index in [1.54, 1.807) is 18.4 Å². The van der Waals surface area contributed by atoms with Crippen molar-refractivity contribution in [2.75, 3.05) is 38.2 Å². The van der Waals surface area contributed by atoms with Crippen molar-refractivity contribution in [2.24, 2.45) is 0 Å². The molecule has 0 N–H and O–H groups in total. The largest absolute Gasteiger partial charge is 0.497 e. The molecule has 0 bridgehead atoms. The second-order valence-corrected chi connectivity index (χ2v) is 9.77. The Bertz CT molecular complexity index is 1130. The molecule has 0 saturated carbocycles. The van der Waals surface area contributed by atoms with Crippen LogP contribution in [0.3, 0.4) is 0 Å². The minimum absolute atomic E-state index is 0.00854. The number of anilines is 1. The minimum Gasteiger partial charge on any atom is -0.497 e. The minimum atomic E-state index is -3.69. The van der Waals surface area contributed by atoms with Crippen LogP contribution in [0.25, 0.3) is 0 Å². The summed E-state index contributed by atoms with van der Waals surface area (Å²) >= 11 is 1.56. The number of benzene rings is 2. The van der Waals surface area contributed by atoms with Gasteiger partial charge in [0.25, 0.3) is 0 Å². The van der Waals surface area contributed by atoms with E-state index in [0.29, 0.717) is 32.6 Å². The van der Waals surface area contributed by atoms with Gasteiger partial charge < -0.3 is 9.64 Å². The average Bonchev–Trinajstić information content (AvgIpc) is 3.22. The highest BCUT2D eigenvalue weighted by molar-refractivity contribution is 7.89. The van der Waals surface area contributed by atoms with Gasteiger partial charge >= 0.3 is 0 Å². The lowest BCUT2D eigenvalue weighted by Crippen LogP contribution is -2.48. The van der Waals surface area contributed by atoms with Crippen LogP contribution in [-0.2, 0) is 16.4 Å². The van der Waals surface area contributed by atoms with Crippen molar-refractivity contribution < 1.29 is 17.5 Å². The molecule has 0 amide bonds. The summed E-state index contributed by atoms with van der Waals surface area (Å²) in [4.78, 5) is 6.81. The molecule has 0 aliphatic carbocycles. The average molecular weight is 448 g/mol. The van der Waals surface area contributed by atoms with E-state index in [2.05, 4.69) is 4.90 Å². The molecule has 158 valence electrons. The highest BCUT2D eigenvalue weighted by atomic mass is 32.2. The van der Waals surface area contributed by atoms with Gasteiger partial charge in [0.1, 0.15) is 11.6 Å². The number of hydrogen-bond donors (Lipinski definition) is 0. The molecule has 0 atom stereocenters. The Labute approximate surface area is 179 Å². The zero-order valence-corrected chi connectivity index (χ0v) is 18.1. The Morgan fingerprint density at radius 1 is 1.10 bits per heavy atom. The first-order valence-corrected chi connectivity index (χ1v) is 11.9. The quantitative estimate of drug-likeness (QED) is 0.580. The molecule has 1 fully saturated rings. The van der Waals surface area contributed by atoms with Crippen molar-refractivity contribution >= 4 is 26.5 Å². The lowest BCUT2D eigenvalue weighted by molar-refractivity contribution is 0.384. The molecule has 9 heteroatoms. The smallest absolute Gasteiger partial charge is 0.243 e. The molecule has 2 heterocycles. The van der Waals surface area contributed by atoms with E-state index in [1.165, 1.54) is 22.5 Å². The third-order valence-corrected chi connectivity index (χ3v) is 7.85. The van der Waals surface area contributed by atoms with Crippen molar-refractivity contribution in [3.8, 4) is 5.75 Å². The first kappa shape index (κ1) is 20.8. The normalized spacial score (nSPS) is 15.3. The summed E-state index contributed by atoms with van der Waals surface area (Å²) in [6, 6.07) is 13.0. The van der Waals surface area contributed by atoms with Crippen molar-refractivity contribution in [3.05, 3.63) is 71.0 Å². The zero-order chi connectivity index (χ0) is 21.1. The fourth-order valence-corrected chi connectivity index (χ4v) is 5.74. The molecular weight excluding hydrogens is 425 g/mol. The van der Waals surface area contributed by atoms with Gasteiger partial charge in [-0.05, 0) is 35.9 Å². The van der Waals surface area contributed by atoms with E-state index >= 15 is 0 Å². The van der Waals surface area contributed by atoms with Crippen molar-refractivity contribution in [1.82, 2.24) is 9.29 Å². The SMILES string of the molecule is COc1cccc(Cc2csc(N3CCN(S(=O)(=O)c4cccc(F)c4)CC3)n2)c1. The Morgan fingerprint density at radius 3 is 2.60 bits per heavy atom. The highest BCUT2D eigenvalue weighted by Gasteiger charge is 2.29. The molecule has 6 nitrogen and oxygen atoms in total. The fraction of sp³-hybridized carbons (Fsp3) is 0.286. The monoisotopic (exact) mass is 447 g/mol. The molecule has 1 saturated heterocycles. The third kappa shape index (κ3) is 4.48. The Morgan fingerprint density at radius 2 is 1.87 bits per heavy atom. The van der Waals surface area contributed by atoms with Gasteiger partial charge in [0.2, 0.25) is 10.0 Å². The van der Waals surface area contributed by atoms with Gasteiger partial charge in [-0.25, -0.2) is 17.8 Å². The fourth-order valence-electron chi connectivity index (χ4n) is 3.41. The number of aromatic nitrogens is 1. The summed E-state index contributed by atoms with van der Waals surface area (Å²) in [5.74, 6) is 0.264. The van der Waals surface area contributed by atoms with E-state index in [4.69, 9.17) is 9.72 Å². The molecular formula is C21H22FN3O3S2. The van der Waals surface area contributed by atoms with Gasteiger partial charge in [0.15, 0.2) is 5.13 Å². The van der Waals surface area contributed by atoms with E-state index in [9.17, 15) is 12.8 Å². The number of methoxy groups -OCH3 is 1. The van der Waals surface area contributed by atoms with E-state index in [1.807, 2.05) is 29.6 Å². The maximum Gasteiger partial charge on any atom is 0.243 e. The van der Waals surface area contributed by atoms with Crippen molar-refractivity contribution in [1.29, 1.82) is 0 Å². The summed E-state index contributed by atoms with van der Waals surface area (Å²) in [6.07, 6.45) is 0.710. The summed E-state index contributed by atoms with van der Waals surface area (Å²) in [7, 11) is -2.05. The second kappa shape index (κ2) is 8.71. The topological polar surface area (TPSA) is 62.7 Å². The Kier molecular flexibility index (Phi) is 6.03. The lowest BCUT2D eigenvalue weighted by Gasteiger charge is -2.33. The molecule has 3 aromatic rings. The number of rotatable bonds is 6. The second-order valence-electron chi connectivity index (χ2n) is 7.00. The van der Waals surface area contributed by atoms with Gasteiger partial charge in [-0.1, -0.05) is 18.2 Å². The summed E-state index contributed by atoms with van der Waals surface area (Å²) in [5, 5.41) is 2.92. The van der Waals surface area contributed by atoms with Crippen LogP contribution in [0.4, 0.5) is 9.52 Å². The maximum absolute atomic E-state index is 13.4. The number of piperazine rings is 1. The molecule has 4 rings (SSSR count). The highest BCUT2D eigenvalue weighted by Crippen LogP contribution is 2.26. The van der Waals surface area contributed by atoms with Crippen LogP contribution in [-0.4, -0.2) is 51.0 Å². The van der Waals surface area contributed by atoms with Gasteiger partial charge in [-0.2, -0.15) is 4.31 Å². The van der Waals surface area contributed by atoms with Crippen LogP contribution < -0.4 is 9.64 Å². The third-order valence-electron chi connectivity index (χ3n) is 5.00. The van der Waals surface area contributed by atoms with Crippen molar-refractivity contribution in [3.63, 3.8) is 0 Å². The Hall–Kier alpha value is -2.49.